The first kappa shape index (κ1) is 16.1. The summed E-state index contributed by atoms with van der Waals surface area (Å²) in [6.45, 7) is 2.94. The van der Waals surface area contributed by atoms with E-state index in [2.05, 4.69) is 20.3 Å². The van der Waals surface area contributed by atoms with Crippen LogP contribution in [0.15, 0.2) is 16.8 Å². The van der Waals surface area contributed by atoms with E-state index in [1.165, 1.54) is 6.07 Å². The van der Waals surface area contributed by atoms with Gasteiger partial charge in [0, 0.05) is 19.2 Å². The lowest BCUT2D eigenvalue weighted by Gasteiger charge is -2.07. The molecule has 0 spiro atoms. The van der Waals surface area contributed by atoms with Crippen molar-refractivity contribution in [2.24, 2.45) is 5.73 Å². The number of non-ortho nitro benzene ring substituents is 1. The van der Waals surface area contributed by atoms with E-state index in [1.807, 2.05) is 0 Å². The van der Waals surface area contributed by atoms with Gasteiger partial charge in [-0.3, -0.25) is 10.1 Å². The summed E-state index contributed by atoms with van der Waals surface area (Å²) in [5.41, 5.74) is 6.18. The quantitative estimate of drug-likeness (QED) is 0.365. The molecule has 2 rings (SSSR count). The van der Waals surface area contributed by atoms with Gasteiger partial charge in [0.1, 0.15) is 0 Å². The van der Waals surface area contributed by atoms with Crippen molar-refractivity contribution in [1.82, 2.24) is 10.3 Å². The summed E-state index contributed by atoms with van der Waals surface area (Å²) < 4.78 is 15.1. The fourth-order valence-electron chi connectivity index (χ4n) is 1.81. The number of aromatic nitrogens is 2. The Morgan fingerprint density at radius 1 is 1.18 bits per heavy atom. The van der Waals surface area contributed by atoms with Crippen molar-refractivity contribution in [2.45, 2.75) is 0 Å². The molecule has 120 valence electrons. The number of anilines is 1. The Hall–Kier alpha value is -2.30. The lowest BCUT2D eigenvalue weighted by Crippen LogP contribution is -2.15. The van der Waals surface area contributed by atoms with Gasteiger partial charge < -0.3 is 20.5 Å². The Morgan fingerprint density at radius 2 is 1.91 bits per heavy atom. The van der Waals surface area contributed by atoms with Gasteiger partial charge in [0.25, 0.3) is 0 Å². The second-order valence-corrected chi connectivity index (χ2v) is 4.29. The molecular weight excluding hydrogens is 294 g/mol. The highest BCUT2D eigenvalue weighted by Gasteiger charge is 2.19. The van der Waals surface area contributed by atoms with Gasteiger partial charge in [-0.1, -0.05) is 0 Å². The predicted octanol–water partition coefficient (Wildman–Crippen LogP) is 0.535. The Morgan fingerprint density at radius 3 is 2.64 bits per heavy atom. The first-order chi connectivity index (χ1) is 10.7. The van der Waals surface area contributed by atoms with E-state index in [0.717, 1.165) is 0 Å². The van der Waals surface area contributed by atoms with Crippen LogP contribution in [0.4, 0.5) is 11.4 Å². The van der Waals surface area contributed by atoms with Crippen LogP contribution in [0.25, 0.3) is 11.0 Å². The second kappa shape index (κ2) is 8.22. The molecule has 2 aromatic rings. The molecule has 0 saturated carbocycles. The van der Waals surface area contributed by atoms with Crippen LogP contribution in [0.3, 0.4) is 0 Å². The van der Waals surface area contributed by atoms with Crippen molar-refractivity contribution in [3.63, 3.8) is 0 Å². The molecular formula is C12H17N5O5. The zero-order valence-corrected chi connectivity index (χ0v) is 11.9. The number of nitro groups is 1. The lowest BCUT2D eigenvalue weighted by molar-refractivity contribution is -0.383. The Bertz CT molecular complexity index is 617. The van der Waals surface area contributed by atoms with Gasteiger partial charge in [-0.05, 0) is 16.4 Å². The van der Waals surface area contributed by atoms with Crippen LogP contribution >= 0.6 is 0 Å². The largest absolute Gasteiger partial charge is 0.381 e. The molecule has 1 aromatic heterocycles. The van der Waals surface area contributed by atoms with Crippen LogP contribution in [-0.2, 0) is 9.47 Å². The standard InChI is InChI=1S/C12H17N5O5/c13-3-5-20-7-8-21-6-4-14-9-1-2-10(17(18)19)12-11(9)15-22-16-12/h1-2,14H,3-8,13H2. The number of nitrogens with zero attached hydrogens (tertiary/aromatic N) is 3. The van der Waals surface area contributed by atoms with Gasteiger partial charge in [0.2, 0.25) is 5.52 Å². The van der Waals surface area contributed by atoms with Crippen molar-refractivity contribution in [3.05, 3.63) is 22.2 Å². The van der Waals surface area contributed by atoms with Gasteiger partial charge in [0.15, 0.2) is 5.52 Å². The molecule has 0 saturated heterocycles. The number of hydrogen-bond donors (Lipinski definition) is 2. The molecule has 1 aromatic carbocycles. The molecule has 0 amide bonds. The number of rotatable bonds is 10. The van der Waals surface area contributed by atoms with Gasteiger partial charge in [0.05, 0.1) is 37.0 Å². The molecule has 22 heavy (non-hydrogen) atoms. The second-order valence-electron chi connectivity index (χ2n) is 4.29. The Labute approximate surface area is 125 Å². The molecule has 0 fully saturated rings. The highest BCUT2D eigenvalue weighted by atomic mass is 16.6. The van der Waals surface area contributed by atoms with Crippen LogP contribution in [0.2, 0.25) is 0 Å². The summed E-state index contributed by atoms with van der Waals surface area (Å²) >= 11 is 0. The first-order valence-electron chi connectivity index (χ1n) is 6.73. The first-order valence-corrected chi connectivity index (χ1v) is 6.73. The van der Waals surface area contributed by atoms with E-state index in [0.29, 0.717) is 50.7 Å². The van der Waals surface area contributed by atoms with Gasteiger partial charge >= 0.3 is 5.69 Å². The van der Waals surface area contributed by atoms with Gasteiger partial charge in [-0.2, -0.15) is 0 Å². The number of nitrogens with two attached hydrogens (primary N) is 1. The van der Waals surface area contributed by atoms with Crippen molar-refractivity contribution in [1.29, 1.82) is 0 Å². The van der Waals surface area contributed by atoms with E-state index in [1.54, 1.807) is 6.07 Å². The maximum Gasteiger partial charge on any atom is 0.300 e. The van der Waals surface area contributed by atoms with Gasteiger partial charge in [-0.25, -0.2) is 4.63 Å². The minimum absolute atomic E-state index is 0.117. The molecule has 3 N–H and O–H groups in total. The maximum absolute atomic E-state index is 10.9. The van der Waals surface area contributed by atoms with E-state index < -0.39 is 4.92 Å². The molecule has 0 radical (unpaired) electrons. The number of nitro benzene ring substituents is 1. The zero-order chi connectivity index (χ0) is 15.8. The monoisotopic (exact) mass is 311 g/mol. The van der Waals surface area contributed by atoms with E-state index >= 15 is 0 Å². The summed E-state index contributed by atoms with van der Waals surface area (Å²) in [6.07, 6.45) is 0. The highest BCUT2D eigenvalue weighted by molar-refractivity contribution is 5.93. The van der Waals surface area contributed by atoms with Crippen LogP contribution in [0, 0.1) is 10.1 Å². The highest BCUT2D eigenvalue weighted by Crippen LogP contribution is 2.28. The average Bonchev–Trinajstić information content (AvgIpc) is 2.99. The molecule has 0 aliphatic rings. The summed E-state index contributed by atoms with van der Waals surface area (Å²) in [7, 11) is 0. The van der Waals surface area contributed by atoms with E-state index in [-0.39, 0.29) is 11.2 Å². The Balaban J connectivity index is 1.81. The fraction of sp³-hybridized carbons (Fsp3) is 0.500. The normalized spacial score (nSPS) is 11.0. The van der Waals surface area contributed by atoms with Gasteiger partial charge in [-0.15, -0.1) is 0 Å². The smallest absolute Gasteiger partial charge is 0.300 e. The minimum atomic E-state index is -0.527. The van der Waals surface area contributed by atoms with Crippen molar-refractivity contribution < 1.29 is 19.0 Å². The van der Waals surface area contributed by atoms with Crippen LogP contribution < -0.4 is 11.1 Å². The van der Waals surface area contributed by atoms with Crippen molar-refractivity contribution in [3.8, 4) is 0 Å². The number of fused-ring (bicyclic) bond motifs is 1. The SMILES string of the molecule is NCCOCCOCCNc1ccc([N+](=O)[O-])c2nonc12. The zero-order valence-electron chi connectivity index (χ0n) is 11.9. The van der Waals surface area contributed by atoms with Crippen LogP contribution in [-0.4, -0.2) is 54.8 Å². The molecule has 0 unspecified atom stereocenters. The molecule has 0 aliphatic carbocycles. The summed E-state index contributed by atoms with van der Waals surface area (Å²) in [6, 6.07) is 2.92. The minimum Gasteiger partial charge on any atom is -0.381 e. The third-order valence-electron chi connectivity index (χ3n) is 2.79. The molecule has 0 atom stereocenters. The summed E-state index contributed by atoms with van der Waals surface area (Å²) in [4.78, 5) is 10.3. The third-order valence-corrected chi connectivity index (χ3v) is 2.79. The fourth-order valence-corrected chi connectivity index (χ4v) is 1.81. The summed E-state index contributed by atoms with van der Waals surface area (Å²) in [5.74, 6) is 0. The number of ether oxygens (including phenoxy) is 2. The van der Waals surface area contributed by atoms with Crippen LogP contribution in [0.1, 0.15) is 0 Å². The Kier molecular flexibility index (Phi) is 6.01. The number of hydrogen-bond acceptors (Lipinski definition) is 9. The average molecular weight is 311 g/mol. The van der Waals surface area contributed by atoms with Crippen molar-refractivity contribution in [2.75, 3.05) is 44.8 Å². The topological polar surface area (TPSA) is 139 Å². The van der Waals surface area contributed by atoms with Crippen LogP contribution in [0.5, 0.6) is 0 Å². The molecule has 0 bridgehead atoms. The number of benzene rings is 1. The van der Waals surface area contributed by atoms with Crippen molar-refractivity contribution >= 4 is 22.4 Å². The third kappa shape index (κ3) is 4.10. The molecule has 10 nitrogen and oxygen atoms in total. The predicted molar refractivity (Wildman–Crippen MR) is 77.6 cm³/mol. The molecule has 10 heteroatoms. The summed E-state index contributed by atoms with van der Waals surface area (Å²) in [5, 5.41) is 21.2. The number of nitrogens with one attached hydrogen (secondary N) is 1. The maximum atomic E-state index is 10.9. The molecule has 0 aliphatic heterocycles. The van der Waals surface area contributed by atoms with E-state index in [9.17, 15) is 10.1 Å². The molecule has 1 heterocycles. The van der Waals surface area contributed by atoms with E-state index in [4.69, 9.17) is 15.2 Å². The lowest BCUT2D eigenvalue weighted by atomic mass is 10.2.